The highest BCUT2D eigenvalue weighted by Crippen LogP contribution is 2.31. The van der Waals surface area contributed by atoms with Gasteiger partial charge in [-0.25, -0.2) is 0 Å². The van der Waals surface area contributed by atoms with E-state index in [4.69, 9.17) is 12.2 Å². The van der Waals surface area contributed by atoms with Crippen LogP contribution in [0.25, 0.3) is 6.08 Å². The van der Waals surface area contributed by atoms with Crippen molar-refractivity contribution in [3.63, 3.8) is 0 Å². The lowest BCUT2D eigenvalue weighted by Crippen LogP contribution is -2.45. The van der Waals surface area contributed by atoms with E-state index in [1.807, 2.05) is 0 Å². The quantitative estimate of drug-likeness (QED) is 0.368. The van der Waals surface area contributed by atoms with E-state index < -0.39 is 16.7 Å². The van der Waals surface area contributed by atoms with Crippen LogP contribution in [0.1, 0.15) is 16.1 Å². The number of nitro groups is 1. The monoisotopic (exact) mass is 374 g/mol. The molecule has 0 unspecified atom stereocenters. The molecule has 2 N–H and O–H groups in total. The van der Waals surface area contributed by atoms with E-state index in [1.165, 1.54) is 24.3 Å². The van der Waals surface area contributed by atoms with Gasteiger partial charge < -0.3 is 4.98 Å². The van der Waals surface area contributed by atoms with E-state index in [9.17, 15) is 19.7 Å². The minimum absolute atomic E-state index is 0.134. The van der Waals surface area contributed by atoms with Gasteiger partial charge in [-0.3, -0.25) is 25.1 Å². The van der Waals surface area contributed by atoms with Crippen LogP contribution < -0.4 is 5.43 Å². The molecule has 0 radical (unpaired) electrons. The van der Waals surface area contributed by atoms with Gasteiger partial charge in [0.25, 0.3) is 17.5 Å². The molecule has 8 nitrogen and oxygen atoms in total. The van der Waals surface area contributed by atoms with Gasteiger partial charge >= 0.3 is 0 Å². The fraction of sp³-hybridized carbons (Fsp3) is 0. The molecule has 10 heteroatoms. The summed E-state index contributed by atoms with van der Waals surface area (Å²) < 4.78 is 0.134. The molecule has 3 rings (SSSR count). The first kappa shape index (κ1) is 16.9. The molecule has 2 aromatic rings. The number of carbonyl (C=O) groups is 2. The topological polar surface area (TPSA) is 108 Å². The third kappa shape index (κ3) is 3.44. The van der Waals surface area contributed by atoms with Crippen LogP contribution in [-0.4, -0.2) is 31.1 Å². The summed E-state index contributed by atoms with van der Waals surface area (Å²) in [6, 6.07) is 9.02. The lowest BCUT2D eigenvalue weighted by molar-refractivity contribution is -0.385. The van der Waals surface area contributed by atoms with Crippen molar-refractivity contribution in [3.05, 3.63) is 68.9 Å². The summed E-state index contributed by atoms with van der Waals surface area (Å²) in [5.74, 6) is -1.29. The summed E-state index contributed by atoms with van der Waals surface area (Å²) >= 11 is 6.14. The predicted octanol–water partition coefficient (Wildman–Crippen LogP) is 2.47. The number of nitro benzene ring substituents is 1. The number of nitrogens with one attached hydrogen (secondary N) is 2. The average Bonchev–Trinajstić information content (AvgIpc) is 3.19. The van der Waals surface area contributed by atoms with Crippen molar-refractivity contribution in [3.8, 4) is 0 Å². The number of hydrogen-bond acceptors (Lipinski definition) is 6. The summed E-state index contributed by atoms with van der Waals surface area (Å²) in [6.45, 7) is 0. The number of hydrogen-bond donors (Lipinski definition) is 2. The predicted molar refractivity (Wildman–Crippen MR) is 96.4 cm³/mol. The Morgan fingerprint density at radius 3 is 2.76 bits per heavy atom. The summed E-state index contributed by atoms with van der Waals surface area (Å²) in [5, 5.41) is 11.9. The maximum atomic E-state index is 12.4. The van der Waals surface area contributed by atoms with Gasteiger partial charge in [0, 0.05) is 18.0 Å². The number of hydrazine groups is 1. The van der Waals surface area contributed by atoms with Gasteiger partial charge in [0.15, 0.2) is 4.32 Å². The highest BCUT2D eigenvalue weighted by molar-refractivity contribution is 8.26. The van der Waals surface area contributed by atoms with Gasteiger partial charge in [0.05, 0.1) is 9.83 Å². The molecule has 25 heavy (non-hydrogen) atoms. The molecule has 0 saturated carbocycles. The molecule has 126 valence electrons. The van der Waals surface area contributed by atoms with Crippen LogP contribution in [0.3, 0.4) is 0 Å². The Kier molecular flexibility index (Phi) is 4.63. The van der Waals surface area contributed by atoms with Gasteiger partial charge in [-0.2, -0.15) is 5.01 Å². The minimum atomic E-state index is -0.787. The third-order valence-corrected chi connectivity index (χ3v) is 4.56. The summed E-state index contributed by atoms with van der Waals surface area (Å²) in [4.78, 5) is 38.4. The molecule has 2 heterocycles. The van der Waals surface area contributed by atoms with Gasteiger partial charge in [-0.15, -0.1) is 0 Å². The fourth-order valence-corrected chi connectivity index (χ4v) is 3.30. The third-order valence-electron chi connectivity index (χ3n) is 3.26. The zero-order chi connectivity index (χ0) is 18.0. The normalized spacial score (nSPS) is 15.7. The minimum Gasteiger partial charge on any atom is -0.362 e. The number of benzene rings is 1. The lowest BCUT2D eigenvalue weighted by Gasteiger charge is -2.15. The molecule has 1 saturated heterocycles. The molecule has 0 aliphatic carbocycles. The number of thiocarbonyl (C=S) groups is 1. The maximum absolute atomic E-state index is 12.4. The summed E-state index contributed by atoms with van der Waals surface area (Å²) in [6.07, 6.45) is 3.32. The van der Waals surface area contributed by atoms with Crippen molar-refractivity contribution >= 4 is 51.9 Å². The molecule has 0 atom stereocenters. The Hall–Kier alpha value is -2.98. The number of H-pyrrole nitrogens is 1. The molecular weight excluding hydrogens is 364 g/mol. The van der Waals surface area contributed by atoms with Gasteiger partial charge in [-0.05, 0) is 36.5 Å². The molecular formula is C15H10N4O4S2. The number of carbonyl (C=O) groups excluding carboxylic acids is 2. The summed E-state index contributed by atoms with van der Waals surface area (Å²) in [5.41, 5.74) is 2.53. The van der Waals surface area contributed by atoms with E-state index in [1.54, 1.807) is 24.4 Å². The first-order chi connectivity index (χ1) is 12.0. The second kappa shape index (κ2) is 6.87. The number of rotatable bonds is 4. The Morgan fingerprint density at radius 1 is 1.32 bits per heavy atom. The van der Waals surface area contributed by atoms with E-state index in [2.05, 4.69) is 10.4 Å². The van der Waals surface area contributed by atoms with Crippen LogP contribution in [0.4, 0.5) is 5.69 Å². The van der Waals surface area contributed by atoms with Gasteiger partial charge in [0.2, 0.25) is 0 Å². The molecule has 1 aromatic heterocycles. The van der Waals surface area contributed by atoms with E-state index >= 15 is 0 Å². The van der Waals surface area contributed by atoms with Crippen molar-refractivity contribution in [2.75, 3.05) is 0 Å². The second-order valence-corrected chi connectivity index (χ2v) is 6.53. The molecule has 1 fully saturated rings. The van der Waals surface area contributed by atoms with Crippen LogP contribution in [0, 0.1) is 10.1 Å². The summed E-state index contributed by atoms with van der Waals surface area (Å²) in [7, 11) is 0. The van der Waals surface area contributed by atoms with Crippen molar-refractivity contribution in [2.24, 2.45) is 0 Å². The number of nitrogens with zero attached hydrogens (tertiary/aromatic N) is 2. The average molecular weight is 374 g/mol. The molecule has 1 aliphatic heterocycles. The number of aromatic nitrogens is 1. The maximum Gasteiger partial charge on any atom is 0.285 e. The number of para-hydroxylation sites is 1. The number of aromatic amines is 1. The van der Waals surface area contributed by atoms with E-state index in [0.717, 1.165) is 16.8 Å². The fourth-order valence-electron chi connectivity index (χ4n) is 2.13. The van der Waals surface area contributed by atoms with Crippen LogP contribution in [0.15, 0.2) is 47.5 Å². The van der Waals surface area contributed by atoms with Crippen molar-refractivity contribution in [2.45, 2.75) is 0 Å². The van der Waals surface area contributed by atoms with E-state index in [0.29, 0.717) is 10.6 Å². The highest BCUT2D eigenvalue weighted by Gasteiger charge is 2.34. The number of thioether (sulfide) groups is 1. The van der Waals surface area contributed by atoms with Crippen molar-refractivity contribution in [1.82, 2.24) is 15.4 Å². The van der Waals surface area contributed by atoms with Crippen molar-refractivity contribution in [1.29, 1.82) is 0 Å². The first-order valence-electron chi connectivity index (χ1n) is 6.93. The Labute approximate surface area is 151 Å². The molecule has 0 spiro atoms. The zero-order valence-electron chi connectivity index (χ0n) is 12.5. The van der Waals surface area contributed by atoms with Crippen molar-refractivity contribution < 1.29 is 14.5 Å². The highest BCUT2D eigenvalue weighted by atomic mass is 32.2. The molecule has 2 amide bonds. The lowest BCUT2D eigenvalue weighted by atomic mass is 10.2. The zero-order valence-corrected chi connectivity index (χ0v) is 14.1. The SMILES string of the molecule is O=C(NN1C(=O)C(=Cc2ccc[nH]2)SC1=S)c1ccccc1[N+](=O)[O-]. The molecule has 0 bridgehead atoms. The first-order valence-corrected chi connectivity index (χ1v) is 8.15. The van der Waals surface area contributed by atoms with Gasteiger partial charge in [-0.1, -0.05) is 23.9 Å². The second-order valence-electron chi connectivity index (χ2n) is 4.86. The largest absolute Gasteiger partial charge is 0.362 e. The van der Waals surface area contributed by atoms with Crippen LogP contribution >= 0.6 is 24.0 Å². The standard InChI is InChI=1S/C15H10N4O4S2/c20-13(10-5-1-2-6-11(10)19(22)23)17-18-14(21)12(25-15(18)24)8-9-4-3-7-16-9/h1-8,16H,(H,17,20). The Morgan fingerprint density at radius 2 is 2.08 bits per heavy atom. The van der Waals surface area contributed by atoms with Crippen LogP contribution in [-0.2, 0) is 4.79 Å². The van der Waals surface area contributed by atoms with Crippen LogP contribution in [0.5, 0.6) is 0 Å². The Balaban J connectivity index is 1.81. The smallest absolute Gasteiger partial charge is 0.285 e. The molecule has 1 aromatic carbocycles. The van der Waals surface area contributed by atoms with E-state index in [-0.39, 0.29) is 15.6 Å². The number of amides is 2. The van der Waals surface area contributed by atoms with Gasteiger partial charge in [0.1, 0.15) is 5.56 Å². The van der Waals surface area contributed by atoms with Crippen LogP contribution in [0.2, 0.25) is 0 Å². The Bertz CT molecular complexity index is 908. The molecule has 1 aliphatic rings.